The van der Waals surface area contributed by atoms with Crippen LogP contribution in [0.5, 0.6) is 0 Å². The average molecular weight is 420 g/mol. The highest BCUT2D eigenvalue weighted by atomic mass is 35.5. The van der Waals surface area contributed by atoms with E-state index in [0.29, 0.717) is 36.6 Å². The number of carbonyl (C=O) groups excluding carboxylic acids is 1. The molecule has 1 aromatic heterocycles. The third kappa shape index (κ3) is 4.56. The molecule has 1 amide bonds. The third-order valence-corrected chi connectivity index (χ3v) is 5.45. The molecule has 2 heterocycles. The molecule has 156 valence electrons. The maximum Gasteiger partial charge on any atom is 0.410 e. The Morgan fingerprint density at radius 2 is 1.90 bits per heavy atom. The molecular weight excluding hydrogens is 394 g/mol. The minimum Gasteiger partial charge on any atom is -0.478 e. The summed E-state index contributed by atoms with van der Waals surface area (Å²) in [5.41, 5.74) is 1.87. The van der Waals surface area contributed by atoms with Gasteiger partial charge in [0, 0.05) is 24.0 Å². The number of nitrogens with zero attached hydrogens (tertiary/aromatic N) is 3. The Morgan fingerprint density at radius 1 is 1.24 bits per heavy atom. The number of aromatic nitrogens is 2. The Kier molecular flexibility index (Phi) is 5.89. The van der Waals surface area contributed by atoms with E-state index in [2.05, 4.69) is 5.10 Å². The number of rotatable bonds is 3. The van der Waals surface area contributed by atoms with E-state index in [-0.39, 0.29) is 17.6 Å². The van der Waals surface area contributed by atoms with Crippen molar-refractivity contribution in [3.63, 3.8) is 0 Å². The molecule has 0 spiro atoms. The number of piperidine rings is 1. The van der Waals surface area contributed by atoms with Gasteiger partial charge in [-0.25, -0.2) is 14.3 Å². The number of carbonyl (C=O) groups is 2. The monoisotopic (exact) mass is 419 g/mol. The van der Waals surface area contributed by atoms with E-state index in [4.69, 9.17) is 16.3 Å². The first-order valence-electron chi connectivity index (χ1n) is 9.63. The molecule has 0 atom stereocenters. The smallest absolute Gasteiger partial charge is 0.410 e. The first kappa shape index (κ1) is 21.2. The second kappa shape index (κ2) is 8.06. The van der Waals surface area contributed by atoms with Crippen molar-refractivity contribution in [2.75, 3.05) is 13.1 Å². The number of amides is 1. The van der Waals surface area contributed by atoms with Crippen LogP contribution in [0.25, 0.3) is 5.69 Å². The van der Waals surface area contributed by atoms with Gasteiger partial charge in [0.05, 0.1) is 17.6 Å². The van der Waals surface area contributed by atoms with Crippen molar-refractivity contribution in [1.29, 1.82) is 0 Å². The molecule has 29 heavy (non-hydrogen) atoms. The number of carboxylic acids is 1. The van der Waals surface area contributed by atoms with Crippen molar-refractivity contribution >= 4 is 23.7 Å². The van der Waals surface area contributed by atoms with Crippen LogP contribution in [-0.4, -0.2) is 50.5 Å². The Labute approximate surface area is 175 Å². The Hall–Kier alpha value is -2.54. The molecule has 1 aliphatic rings. The van der Waals surface area contributed by atoms with Gasteiger partial charge in [-0.3, -0.25) is 0 Å². The number of hydrogen-bond donors (Lipinski definition) is 1. The summed E-state index contributed by atoms with van der Waals surface area (Å²) >= 11 is 6.26. The highest BCUT2D eigenvalue weighted by Gasteiger charge is 2.32. The number of likely N-dealkylation sites (tertiary alicyclic amines) is 1. The zero-order valence-electron chi connectivity index (χ0n) is 17.1. The van der Waals surface area contributed by atoms with Gasteiger partial charge >= 0.3 is 12.1 Å². The van der Waals surface area contributed by atoms with Gasteiger partial charge in [-0.1, -0.05) is 17.7 Å². The van der Waals surface area contributed by atoms with Crippen LogP contribution in [0.3, 0.4) is 0 Å². The molecule has 1 saturated heterocycles. The lowest BCUT2D eigenvalue weighted by atomic mass is 9.91. The van der Waals surface area contributed by atoms with Crippen molar-refractivity contribution in [3.05, 3.63) is 46.2 Å². The van der Waals surface area contributed by atoms with E-state index in [0.717, 1.165) is 11.3 Å². The van der Waals surface area contributed by atoms with Gasteiger partial charge in [-0.15, -0.1) is 0 Å². The lowest BCUT2D eigenvalue weighted by Crippen LogP contribution is -2.41. The second-order valence-corrected chi connectivity index (χ2v) is 8.69. The first-order valence-corrected chi connectivity index (χ1v) is 10.0. The maximum absolute atomic E-state index is 12.3. The third-order valence-electron chi connectivity index (χ3n) is 5.04. The van der Waals surface area contributed by atoms with Crippen LogP contribution in [0.2, 0.25) is 5.02 Å². The van der Waals surface area contributed by atoms with Crippen molar-refractivity contribution in [2.24, 2.45) is 0 Å². The average Bonchev–Trinajstić information content (AvgIpc) is 3.08. The Balaban J connectivity index is 1.88. The highest BCUT2D eigenvalue weighted by molar-refractivity contribution is 6.31. The summed E-state index contributed by atoms with van der Waals surface area (Å²) in [4.78, 5) is 25.8. The van der Waals surface area contributed by atoms with E-state index in [9.17, 15) is 14.7 Å². The van der Waals surface area contributed by atoms with Gasteiger partial charge < -0.3 is 14.7 Å². The number of hydrogen-bond acceptors (Lipinski definition) is 4. The normalized spacial score (nSPS) is 15.4. The number of carboxylic acid groups (broad SMARTS) is 1. The quantitative estimate of drug-likeness (QED) is 0.782. The van der Waals surface area contributed by atoms with E-state index in [1.54, 1.807) is 15.6 Å². The topological polar surface area (TPSA) is 84.7 Å². The van der Waals surface area contributed by atoms with E-state index < -0.39 is 11.6 Å². The number of ether oxygens (including phenoxy) is 1. The number of aromatic carboxylic acids is 1. The molecule has 2 aromatic rings. The predicted molar refractivity (Wildman–Crippen MR) is 110 cm³/mol. The zero-order valence-corrected chi connectivity index (χ0v) is 17.9. The molecule has 3 rings (SSSR count). The van der Waals surface area contributed by atoms with Gasteiger partial charge in [0.2, 0.25) is 0 Å². The molecule has 1 N–H and O–H groups in total. The molecule has 0 unspecified atom stereocenters. The molecule has 1 aromatic carbocycles. The standard InChI is InChI=1S/C21H26ClN3O4/c1-13-16(22)6-5-7-17(13)25-18(15(12-23-25)19(26)27)14-8-10-24(11-9-14)20(28)29-21(2,3)4/h5-7,12,14H,8-11H2,1-4H3,(H,26,27). The fourth-order valence-corrected chi connectivity index (χ4v) is 3.76. The van der Waals surface area contributed by atoms with Crippen molar-refractivity contribution < 1.29 is 19.4 Å². The number of halogens is 1. The molecule has 0 bridgehead atoms. The summed E-state index contributed by atoms with van der Waals surface area (Å²) in [5.74, 6) is -1.05. The van der Waals surface area contributed by atoms with Gasteiger partial charge in [-0.2, -0.15) is 5.10 Å². The molecule has 1 fully saturated rings. The summed E-state index contributed by atoms with van der Waals surface area (Å²) in [6.45, 7) is 8.39. The van der Waals surface area contributed by atoms with E-state index in [1.165, 1.54) is 6.20 Å². The van der Waals surface area contributed by atoms with Crippen LogP contribution in [-0.2, 0) is 4.74 Å². The first-order chi connectivity index (χ1) is 13.6. The summed E-state index contributed by atoms with van der Waals surface area (Å²) < 4.78 is 7.13. The summed E-state index contributed by atoms with van der Waals surface area (Å²) in [6.07, 6.45) is 2.31. The van der Waals surface area contributed by atoms with Crippen LogP contribution < -0.4 is 0 Å². The van der Waals surface area contributed by atoms with Crippen molar-refractivity contribution in [3.8, 4) is 5.69 Å². The molecule has 7 nitrogen and oxygen atoms in total. The van der Waals surface area contributed by atoms with Crippen LogP contribution >= 0.6 is 11.6 Å². The fourth-order valence-electron chi connectivity index (χ4n) is 3.60. The lowest BCUT2D eigenvalue weighted by molar-refractivity contribution is 0.0202. The SMILES string of the molecule is Cc1c(Cl)cccc1-n1ncc(C(=O)O)c1C1CCN(C(=O)OC(C)(C)C)CC1. The highest BCUT2D eigenvalue weighted by Crippen LogP contribution is 2.34. The summed E-state index contributed by atoms with van der Waals surface area (Å²) in [5, 5.41) is 14.6. The van der Waals surface area contributed by atoms with Gasteiger partial charge in [0.25, 0.3) is 0 Å². The van der Waals surface area contributed by atoms with Gasteiger partial charge in [0.15, 0.2) is 0 Å². The fraction of sp³-hybridized carbons (Fsp3) is 0.476. The lowest BCUT2D eigenvalue weighted by Gasteiger charge is -2.34. The van der Waals surface area contributed by atoms with E-state index >= 15 is 0 Å². The molecular formula is C21H26ClN3O4. The second-order valence-electron chi connectivity index (χ2n) is 8.29. The zero-order chi connectivity index (χ0) is 21.3. The molecule has 8 heteroatoms. The Morgan fingerprint density at radius 3 is 2.48 bits per heavy atom. The van der Waals surface area contributed by atoms with Crippen molar-refractivity contribution in [1.82, 2.24) is 14.7 Å². The Bertz CT molecular complexity index is 924. The van der Waals surface area contributed by atoms with Gasteiger partial charge in [0.1, 0.15) is 11.2 Å². The maximum atomic E-state index is 12.3. The molecule has 0 saturated carbocycles. The van der Waals surface area contributed by atoms with Crippen LogP contribution in [0.4, 0.5) is 4.79 Å². The predicted octanol–water partition coefficient (Wildman–Crippen LogP) is 4.65. The molecule has 0 aliphatic carbocycles. The largest absolute Gasteiger partial charge is 0.478 e. The van der Waals surface area contributed by atoms with Gasteiger partial charge in [-0.05, 0) is 58.2 Å². The minimum absolute atomic E-state index is 0.0410. The van der Waals surface area contributed by atoms with Crippen molar-refractivity contribution in [2.45, 2.75) is 52.1 Å². The van der Waals surface area contributed by atoms with Crippen LogP contribution in [0.15, 0.2) is 24.4 Å². The number of benzene rings is 1. The summed E-state index contributed by atoms with van der Waals surface area (Å²) in [6, 6.07) is 5.49. The minimum atomic E-state index is -1.01. The summed E-state index contributed by atoms with van der Waals surface area (Å²) in [7, 11) is 0. The van der Waals surface area contributed by atoms with Crippen LogP contribution in [0, 0.1) is 6.92 Å². The molecule has 1 aliphatic heterocycles. The van der Waals surface area contributed by atoms with E-state index in [1.807, 2.05) is 39.8 Å². The van der Waals surface area contributed by atoms with Crippen LogP contribution in [0.1, 0.15) is 61.1 Å². The molecule has 0 radical (unpaired) electrons.